The monoisotopic (exact) mass is 233 g/mol. The van der Waals surface area contributed by atoms with Crippen molar-refractivity contribution in [2.75, 3.05) is 5.32 Å². The topological polar surface area (TPSA) is 61.9 Å². The predicted molar refractivity (Wildman–Crippen MR) is 60.0 cm³/mol. The van der Waals surface area contributed by atoms with Crippen LogP contribution in [0.4, 0.5) is 5.69 Å². The quantitative estimate of drug-likeness (QED) is 0.886. The molecule has 4 nitrogen and oxygen atoms in total. The SMILES string of the molecule is N#Cc1ccc(NCc2ccon2)cc1Cl. The van der Waals surface area contributed by atoms with Crippen molar-refractivity contribution in [2.24, 2.45) is 0 Å². The second-order valence-electron chi connectivity index (χ2n) is 3.15. The third-order valence-corrected chi connectivity index (χ3v) is 2.37. The Balaban J connectivity index is 2.06. The standard InChI is InChI=1S/C11H8ClN3O/c12-11-5-9(2-1-8(11)6-13)14-7-10-3-4-16-15-10/h1-5,14H,7H2. The summed E-state index contributed by atoms with van der Waals surface area (Å²) < 4.78 is 4.70. The van der Waals surface area contributed by atoms with E-state index in [1.165, 1.54) is 6.26 Å². The maximum absolute atomic E-state index is 8.71. The van der Waals surface area contributed by atoms with Gasteiger partial charge in [0, 0.05) is 11.8 Å². The van der Waals surface area contributed by atoms with Crippen molar-refractivity contribution in [2.45, 2.75) is 6.54 Å². The zero-order valence-electron chi connectivity index (χ0n) is 8.27. The molecule has 0 aliphatic rings. The van der Waals surface area contributed by atoms with Crippen LogP contribution in [0.1, 0.15) is 11.3 Å². The van der Waals surface area contributed by atoms with E-state index in [9.17, 15) is 0 Å². The summed E-state index contributed by atoms with van der Waals surface area (Å²) in [5.41, 5.74) is 2.11. The molecule has 0 aliphatic carbocycles. The number of nitrogens with zero attached hydrogens (tertiary/aromatic N) is 2. The van der Waals surface area contributed by atoms with Gasteiger partial charge in [-0.25, -0.2) is 0 Å². The van der Waals surface area contributed by atoms with Gasteiger partial charge in [0.05, 0.1) is 17.1 Å². The van der Waals surface area contributed by atoms with Crippen LogP contribution in [0.5, 0.6) is 0 Å². The second-order valence-corrected chi connectivity index (χ2v) is 3.56. The van der Waals surface area contributed by atoms with Gasteiger partial charge in [-0.15, -0.1) is 0 Å². The van der Waals surface area contributed by atoms with Gasteiger partial charge >= 0.3 is 0 Å². The number of aromatic nitrogens is 1. The van der Waals surface area contributed by atoms with Crippen molar-refractivity contribution in [1.82, 2.24) is 5.16 Å². The van der Waals surface area contributed by atoms with Crippen molar-refractivity contribution < 1.29 is 4.52 Å². The summed E-state index contributed by atoms with van der Waals surface area (Å²) >= 11 is 5.89. The van der Waals surface area contributed by atoms with Crippen LogP contribution in [0.2, 0.25) is 5.02 Å². The number of anilines is 1. The van der Waals surface area contributed by atoms with Gasteiger partial charge in [-0.05, 0) is 18.2 Å². The molecule has 16 heavy (non-hydrogen) atoms. The molecule has 0 saturated heterocycles. The minimum absolute atomic E-state index is 0.438. The average Bonchev–Trinajstić information content (AvgIpc) is 2.79. The van der Waals surface area contributed by atoms with Gasteiger partial charge in [0.2, 0.25) is 0 Å². The molecule has 0 atom stereocenters. The molecule has 0 spiro atoms. The maximum atomic E-state index is 8.71. The van der Waals surface area contributed by atoms with E-state index in [1.54, 1.807) is 24.3 Å². The van der Waals surface area contributed by atoms with Crippen molar-refractivity contribution >= 4 is 17.3 Å². The van der Waals surface area contributed by atoms with E-state index in [-0.39, 0.29) is 0 Å². The Labute approximate surface area is 97.4 Å². The summed E-state index contributed by atoms with van der Waals surface area (Å²) in [5, 5.41) is 16.0. The molecule has 1 aromatic carbocycles. The summed E-state index contributed by atoms with van der Waals surface area (Å²) in [5.74, 6) is 0. The summed E-state index contributed by atoms with van der Waals surface area (Å²) in [6, 6.07) is 8.96. The first-order valence-corrected chi connectivity index (χ1v) is 5.00. The Kier molecular flexibility index (Phi) is 3.08. The molecule has 0 bridgehead atoms. The Bertz CT molecular complexity index is 517. The van der Waals surface area contributed by atoms with Gasteiger partial charge < -0.3 is 9.84 Å². The van der Waals surface area contributed by atoms with E-state index < -0.39 is 0 Å². The van der Waals surface area contributed by atoms with Crippen molar-refractivity contribution in [3.8, 4) is 6.07 Å². The third-order valence-electron chi connectivity index (χ3n) is 2.05. The van der Waals surface area contributed by atoms with Crippen molar-refractivity contribution in [3.63, 3.8) is 0 Å². The lowest BCUT2D eigenvalue weighted by atomic mass is 10.2. The van der Waals surface area contributed by atoms with Crippen LogP contribution < -0.4 is 5.32 Å². The summed E-state index contributed by atoms with van der Waals surface area (Å²) in [4.78, 5) is 0. The summed E-state index contributed by atoms with van der Waals surface area (Å²) in [6.07, 6.45) is 1.52. The fourth-order valence-electron chi connectivity index (χ4n) is 1.24. The number of benzene rings is 1. The van der Waals surface area contributed by atoms with Crippen molar-refractivity contribution in [1.29, 1.82) is 5.26 Å². The molecule has 0 fully saturated rings. The van der Waals surface area contributed by atoms with Gasteiger partial charge in [0.1, 0.15) is 18.0 Å². The second kappa shape index (κ2) is 4.69. The van der Waals surface area contributed by atoms with E-state index in [4.69, 9.17) is 21.4 Å². The number of halogens is 1. The van der Waals surface area contributed by atoms with Gasteiger partial charge in [-0.1, -0.05) is 16.8 Å². The molecule has 0 aliphatic heterocycles. The van der Waals surface area contributed by atoms with E-state index in [2.05, 4.69) is 10.5 Å². The van der Waals surface area contributed by atoms with E-state index in [0.29, 0.717) is 17.1 Å². The molecule has 0 unspecified atom stereocenters. The molecule has 1 N–H and O–H groups in total. The maximum Gasteiger partial charge on any atom is 0.124 e. The fraction of sp³-hybridized carbons (Fsp3) is 0.0909. The molecule has 0 saturated carbocycles. The molecule has 2 rings (SSSR count). The molecule has 1 heterocycles. The van der Waals surface area contributed by atoms with Crippen LogP contribution in [0.25, 0.3) is 0 Å². The highest BCUT2D eigenvalue weighted by Gasteiger charge is 2.01. The van der Waals surface area contributed by atoms with Gasteiger partial charge in [0.25, 0.3) is 0 Å². The lowest BCUT2D eigenvalue weighted by molar-refractivity contribution is 0.412. The van der Waals surface area contributed by atoms with Crippen LogP contribution in [-0.2, 0) is 6.54 Å². The Morgan fingerprint density at radius 2 is 2.31 bits per heavy atom. The molecule has 0 amide bonds. The Morgan fingerprint density at radius 3 is 2.94 bits per heavy atom. The van der Waals surface area contributed by atoms with Crippen LogP contribution >= 0.6 is 11.6 Å². The molecule has 0 radical (unpaired) electrons. The zero-order valence-corrected chi connectivity index (χ0v) is 9.03. The number of hydrogen-bond acceptors (Lipinski definition) is 4. The molecular weight excluding hydrogens is 226 g/mol. The van der Waals surface area contributed by atoms with Gasteiger partial charge in [-0.2, -0.15) is 5.26 Å². The summed E-state index contributed by atoms with van der Waals surface area (Å²) in [7, 11) is 0. The lowest BCUT2D eigenvalue weighted by Gasteiger charge is -2.04. The Hall–Kier alpha value is -1.99. The molecular formula is C11H8ClN3O. The predicted octanol–water partition coefficient (Wildman–Crippen LogP) is 2.81. The molecule has 2 aromatic rings. The van der Waals surface area contributed by atoms with E-state index in [0.717, 1.165) is 11.4 Å². The average molecular weight is 234 g/mol. The lowest BCUT2D eigenvalue weighted by Crippen LogP contribution is -1.99. The first-order chi connectivity index (χ1) is 7.79. The number of hydrogen-bond donors (Lipinski definition) is 1. The summed E-state index contributed by atoms with van der Waals surface area (Å²) in [6.45, 7) is 0.554. The number of nitrogens with one attached hydrogen (secondary N) is 1. The van der Waals surface area contributed by atoms with E-state index >= 15 is 0 Å². The minimum Gasteiger partial charge on any atom is -0.379 e. The smallest absolute Gasteiger partial charge is 0.124 e. The Morgan fingerprint density at radius 1 is 1.44 bits per heavy atom. The zero-order chi connectivity index (χ0) is 11.4. The highest BCUT2D eigenvalue weighted by Crippen LogP contribution is 2.20. The molecule has 5 heteroatoms. The minimum atomic E-state index is 0.438. The highest BCUT2D eigenvalue weighted by molar-refractivity contribution is 6.32. The van der Waals surface area contributed by atoms with Gasteiger partial charge in [0.15, 0.2) is 0 Å². The highest BCUT2D eigenvalue weighted by atomic mass is 35.5. The fourth-order valence-corrected chi connectivity index (χ4v) is 1.46. The van der Waals surface area contributed by atoms with Crippen LogP contribution in [0.3, 0.4) is 0 Å². The number of rotatable bonds is 3. The normalized spacial score (nSPS) is 9.75. The number of nitriles is 1. The van der Waals surface area contributed by atoms with Crippen LogP contribution in [-0.4, -0.2) is 5.16 Å². The first-order valence-electron chi connectivity index (χ1n) is 4.62. The largest absolute Gasteiger partial charge is 0.379 e. The van der Waals surface area contributed by atoms with Crippen LogP contribution in [0.15, 0.2) is 35.1 Å². The van der Waals surface area contributed by atoms with Gasteiger partial charge in [-0.3, -0.25) is 0 Å². The van der Waals surface area contributed by atoms with E-state index in [1.807, 2.05) is 6.07 Å². The van der Waals surface area contributed by atoms with Crippen LogP contribution in [0, 0.1) is 11.3 Å². The molecule has 80 valence electrons. The van der Waals surface area contributed by atoms with Crippen molar-refractivity contribution in [3.05, 3.63) is 46.8 Å². The molecule has 1 aromatic heterocycles. The first kappa shape index (κ1) is 10.5. The third kappa shape index (κ3) is 2.33.